The molecule has 1 saturated heterocycles. The van der Waals surface area contributed by atoms with Crippen LogP contribution in [-0.2, 0) is 0 Å². The normalized spacial score (nSPS) is 17.3. The molecule has 0 amide bonds. The monoisotopic (exact) mass is 289 g/mol. The van der Waals surface area contributed by atoms with Crippen molar-refractivity contribution >= 4 is 35.1 Å². The average Bonchev–Trinajstić information content (AvgIpc) is 2.37. The number of hydrogen-bond acceptors (Lipinski definition) is 5. The molecular formula is C11H16ClN3S2. The highest BCUT2D eigenvalue weighted by molar-refractivity contribution is 7.99. The summed E-state index contributed by atoms with van der Waals surface area (Å²) in [6.45, 7) is 2.29. The lowest BCUT2D eigenvalue weighted by molar-refractivity contribution is 0.408. The fraction of sp³-hybridized carbons (Fsp3) is 0.636. The number of piperidine rings is 1. The predicted octanol–water partition coefficient (Wildman–Crippen LogP) is 2.94. The molecule has 1 aromatic rings. The van der Waals surface area contributed by atoms with Crippen molar-refractivity contribution in [1.29, 1.82) is 0 Å². The van der Waals surface area contributed by atoms with Crippen molar-refractivity contribution < 1.29 is 0 Å². The number of nitrogens with one attached hydrogen (secondary N) is 1. The Hall–Kier alpha value is 0.0300. The summed E-state index contributed by atoms with van der Waals surface area (Å²) in [5.74, 6) is 1.93. The van der Waals surface area contributed by atoms with Gasteiger partial charge in [-0.1, -0.05) is 23.4 Å². The second kappa shape index (κ2) is 6.83. The van der Waals surface area contributed by atoms with E-state index in [2.05, 4.69) is 15.3 Å². The van der Waals surface area contributed by atoms with Crippen molar-refractivity contribution in [3.63, 3.8) is 0 Å². The quantitative estimate of drug-likeness (QED) is 0.524. The van der Waals surface area contributed by atoms with Gasteiger partial charge in [0.05, 0.1) is 0 Å². The summed E-state index contributed by atoms with van der Waals surface area (Å²) in [7, 11) is 0. The average molecular weight is 290 g/mol. The molecule has 0 aromatic carbocycles. The highest BCUT2D eigenvalue weighted by Crippen LogP contribution is 2.26. The van der Waals surface area contributed by atoms with Gasteiger partial charge in [-0.25, -0.2) is 9.97 Å². The number of aromatic nitrogens is 2. The molecule has 1 aliphatic heterocycles. The zero-order valence-electron chi connectivity index (χ0n) is 9.78. The molecule has 1 aromatic heterocycles. The van der Waals surface area contributed by atoms with E-state index in [9.17, 15) is 0 Å². The molecule has 2 heterocycles. The number of halogens is 1. The Bertz CT molecular complexity index is 370. The van der Waals surface area contributed by atoms with Crippen LogP contribution in [0.25, 0.3) is 0 Å². The minimum absolute atomic E-state index is 0.539. The Kier molecular flexibility index (Phi) is 5.41. The Morgan fingerprint density at radius 2 is 2.18 bits per heavy atom. The van der Waals surface area contributed by atoms with E-state index >= 15 is 0 Å². The molecular weight excluding hydrogens is 274 g/mol. The molecule has 0 aliphatic carbocycles. The zero-order valence-corrected chi connectivity index (χ0v) is 12.2. The van der Waals surface area contributed by atoms with Gasteiger partial charge in [-0.2, -0.15) is 0 Å². The molecule has 0 saturated carbocycles. The number of hydrogen-bond donors (Lipinski definition) is 1. The van der Waals surface area contributed by atoms with E-state index in [1.165, 1.54) is 24.6 Å². The molecule has 94 valence electrons. The Labute approximate surface area is 116 Å². The zero-order chi connectivity index (χ0) is 12.1. The molecule has 0 unspecified atom stereocenters. The first-order chi connectivity index (χ1) is 8.28. The summed E-state index contributed by atoms with van der Waals surface area (Å²) < 4.78 is 0. The van der Waals surface area contributed by atoms with Crippen LogP contribution in [0.5, 0.6) is 0 Å². The van der Waals surface area contributed by atoms with Gasteiger partial charge in [0.1, 0.15) is 10.2 Å². The third-order valence-electron chi connectivity index (χ3n) is 2.76. The molecule has 1 fully saturated rings. The van der Waals surface area contributed by atoms with E-state index in [1.807, 2.05) is 12.3 Å². The lowest BCUT2D eigenvalue weighted by Crippen LogP contribution is -2.28. The van der Waals surface area contributed by atoms with E-state index in [1.54, 1.807) is 11.8 Å². The van der Waals surface area contributed by atoms with Gasteiger partial charge in [0, 0.05) is 11.8 Å². The van der Waals surface area contributed by atoms with Gasteiger partial charge in [0.25, 0.3) is 0 Å². The van der Waals surface area contributed by atoms with Crippen molar-refractivity contribution in [2.75, 3.05) is 25.1 Å². The van der Waals surface area contributed by atoms with Crippen molar-refractivity contribution in [2.45, 2.75) is 23.0 Å². The highest BCUT2D eigenvalue weighted by atomic mass is 35.5. The van der Waals surface area contributed by atoms with Gasteiger partial charge in [-0.05, 0) is 38.1 Å². The van der Waals surface area contributed by atoms with Crippen LogP contribution in [-0.4, -0.2) is 35.1 Å². The molecule has 0 bridgehead atoms. The lowest BCUT2D eigenvalue weighted by Gasteiger charge is -2.21. The highest BCUT2D eigenvalue weighted by Gasteiger charge is 2.14. The first-order valence-electron chi connectivity index (χ1n) is 5.70. The van der Waals surface area contributed by atoms with Crippen LogP contribution in [0, 0.1) is 5.92 Å². The summed E-state index contributed by atoms with van der Waals surface area (Å²) in [5, 5.41) is 5.67. The van der Waals surface area contributed by atoms with Crippen LogP contribution in [0.15, 0.2) is 16.2 Å². The minimum atomic E-state index is 0.539. The summed E-state index contributed by atoms with van der Waals surface area (Å²) in [4.78, 5) is 8.59. The van der Waals surface area contributed by atoms with E-state index in [4.69, 9.17) is 11.6 Å². The summed E-state index contributed by atoms with van der Waals surface area (Å²) in [5.41, 5.74) is 0. The maximum atomic E-state index is 5.96. The Morgan fingerprint density at radius 3 is 2.88 bits per heavy atom. The SMILES string of the molecule is CSc1nc(Cl)cc(SCC2CCNCC2)n1. The van der Waals surface area contributed by atoms with Crippen molar-refractivity contribution in [2.24, 2.45) is 5.92 Å². The third-order valence-corrected chi connectivity index (χ3v) is 4.64. The fourth-order valence-electron chi connectivity index (χ4n) is 1.79. The van der Waals surface area contributed by atoms with Crippen molar-refractivity contribution in [3.8, 4) is 0 Å². The maximum absolute atomic E-state index is 5.96. The molecule has 17 heavy (non-hydrogen) atoms. The number of rotatable bonds is 4. The molecule has 0 radical (unpaired) electrons. The Balaban J connectivity index is 1.91. The van der Waals surface area contributed by atoms with Gasteiger partial charge in [0.2, 0.25) is 0 Å². The molecule has 1 N–H and O–H groups in total. The van der Waals surface area contributed by atoms with E-state index in [0.29, 0.717) is 5.15 Å². The van der Waals surface area contributed by atoms with Gasteiger partial charge in [-0.15, -0.1) is 11.8 Å². The molecule has 6 heteroatoms. The van der Waals surface area contributed by atoms with E-state index in [0.717, 1.165) is 34.9 Å². The van der Waals surface area contributed by atoms with E-state index in [-0.39, 0.29) is 0 Å². The second-order valence-corrected chi connectivity index (χ2v) is 6.22. The molecule has 0 spiro atoms. The van der Waals surface area contributed by atoms with Crippen LogP contribution < -0.4 is 5.32 Å². The maximum Gasteiger partial charge on any atom is 0.189 e. The van der Waals surface area contributed by atoms with Crippen molar-refractivity contribution in [3.05, 3.63) is 11.2 Å². The first-order valence-corrected chi connectivity index (χ1v) is 8.29. The smallest absolute Gasteiger partial charge is 0.189 e. The van der Waals surface area contributed by atoms with Gasteiger partial charge < -0.3 is 5.32 Å². The van der Waals surface area contributed by atoms with Gasteiger partial charge in [-0.3, -0.25) is 0 Å². The van der Waals surface area contributed by atoms with Crippen LogP contribution >= 0.6 is 35.1 Å². The van der Waals surface area contributed by atoms with Crippen molar-refractivity contribution in [1.82, 2.24) is 15.3 Å². The topological polar surface area (TPSA) is 37.8 Å². The minimum Gasteiger partial charge on any atom is -0.317 e. The van der Waals surface area contributed by atoms with Crippen LogP contribution in [0.2, 0.25) is 5.15 Å². The van der Waals surface area contributed by atoms with Crippen LogP contribution in [0.1, 0.15) is 12.8 Å². The third kappa shape index (κ3) is 4.32. The summed E-state index contributed by atoms with van der Waals surface area (Å²) >= 11 is 9.29. The lowest BCUT2D eigenvalue weighted by atomic mass is 10.0. The number of thioether (sulfide) groups is 2. The largest absolute Gasteiger partial charge is 0.317 e. The molecule has 1 aliphatic rings. The van der Waals surface area contributed by atoms with Crippen LogP contribution in [0.4, 0.5) is 0 Å². The number of nitrogens with zero attached hydrogens (tertiary/aromatic N) is 2. The Morgan fingerprint density at radius 1 is 1.41 bits per heavy atom. The molecule has 0 atom stereocenters. The standard InChI is InChI=1S/C11H16ClN3S2/c1-16-11-14-9(12)6-10(15-11)17-7-8-2-4-13-5-3-8/h6,8,13H,2-5,7H2,1H3. The molecule has 2 rings (SSSR count). The summed E-state index contributed by atoms with van der Waals surface area (Å²) in [6.07, 6.45) is 4.50. The van der Waals surface area contributed by atoms with Gasteiger partial charge in [0.15, 0.2) is 5.16 Å². The second-order valence-electron chi connectivity index (χ2n) is 4.02. The fourth-order valence-corrected chi connectivity index (χ4v) is 3.61. The first kappa shape index (κ1) is 13.5. The summed E-state index contributed by atoms with van der Waals surface area (Å²) in [6, 6.07) is 1.85. The van der Waals surface area contributed by atoms with Crippen LogP contribution in [0.3, 0.4) is 0 Å². The van der Waals surface area contributed by atoms with E-state index < -0.39 is 0 Å². The molecule has 3 nitrogen and oxygen atoms in total. The predicted molar refractivity (Wildman–Crippen MR) is 75.1 cm³/mol. The van der Waals surface area contributed by atoms with Gasteiger partial charge >= 0.3 is 0 Å².